The van der Waals surface area contributed by atoms with Gasteiger partial charge in [-0.25, -0.2) is 4.79 Å². The summed E-state index contributed by atoms with van der Waals surface area (Å²) in [6, 6.07) is 7.51. The first kappa shape index (κ1) is 20.4. The average Bonchev–Trinajstić information content (AvgIpc) is 2.66. The van der Waals surface area contributed by atoms with Crippen LogP contribution in [0, 0.1) is 0 Å². The Morgan fingerprint density at radius 1 is 1.21 bits per heavy atom. The van der Waals surface area contributed by atoms with Gasteiger partial charge in [0.25, 0.3) is 0 Å². The maximum absolute atomic E-state index is 12.2. The number of fused-ring (bicyclic) bond motifs is 1. The first-order valence-electron chi connectivity index (χ1n) is 9.58. The molecule has 28 heavy (non-hydrogen) atoms. The number of hydrogen-bond donors (Lipinski definition) is 1. The quantitative estimate of drug-likeness (QED) is 0.870. The van der Waals surface area contributed by atoms with Crippen molar-refractivity contribution in [2.24, 2.45) is 0 Å². The van der Waals surface area contributed by atoms with E-state index in [4.69, 9.17) is 9.47 Å². The Balaban J connectivity index is 1.63. The number of β-amino-alcohol motifs (C(OH)–C–C–N with tert-alkyl or cyclic N) is 1. The third-order valence-electron chi connectivity index (χ3n) is 4.80. The SMILES string of the molecule is COc1ccc2nccc(C(O)CN3CCN(C(=O)OC(C)(C)C)CC3)c2c1. The highest BCUT2D eigenvalue weighted by atomic mass is 16.6. The van der Waals surface area contributed by atoms with Gasteiger partial charge in [0.05, 0.1) is 18.7 Å². The summed E-state index contributed by atoms with van der Waals surface area (Å²) >= 11 is 0. The Hall–Kier alpha value is -2.38. The third kappa shape index (κ3) is 4.91. The number of amides is 1. The minimum atomic E-state index is -0.648. The van der Waals surface area contributed by atoms with E-state index < -0.39 is 11.7 Å². The Kier molecular flexibility index (Phi) is 6.05. The standard InChI is InChI=1S/C21H29N3O4/c1-21(2,3)28-20(26)24-11-9-23(10-12-24)14-19(25)16-7-8-22-18-6-5-15(27-4)13-17(16)18/h5-8,13,19,25H,9-12,14H2,1-4H3. The van der Waals surface area contributed by atoms with Gasteiger partial charge in [0.15, 0.2) is 0 Å². The van der Waals surface area contributed by atoms with Gasteiger partial charge in [0, 0.05) is 44.3 Å². The monoisotopic (exact) mass is 387 g/mol. The summed E-state index contributed by atoms with van der Waals surface area (Å²) in [4.78, 5) is 20.4. The molecule has 7 heteroatoms. The average molecular weight is 387 g/mol. The third-order valence-corrected chi connectivity index (χ3v) is 4.80. The molecule has 0 spiro atoms. The van der Waals surface area contributed by atoms with E-state index in [1.807, 2.05) is 45.0 Å². The summed E-state index contributed by atoms with van der Waals surface area (Å²) < 4.78 is 10.7. The second kappa shape index (κ2) is 8.32. The van der Waals surface area contributed by atoms with Crippen LogP contribution in [0.5, 0.6) is 5.75 Å². The van der Waals surface area contributed by atoms with Crippen LogP contribution in [0.4, 0.5) is 4.79 Å². The van der Waals surface area contributed by atoms with E-state index in [1.54, 1.807) is 18.2 Å². The van der Waals surface area contributed by atoms with Crippen LogP contribution >= 0.6 is 0 Å². The molecule has 1 amide bonds. The molecule has 152 valence electrons. The van der Waals surface area contributed by atoms with Crippen LogP contribution in [-0.4, -0.2) is 71.4 Å². The van der Waals surface area contributed by atoms with Crippen molar-refractivity contribution in [1.29, 1.82) is 0 Å². The number of carbonyl (C=O) groups excluding carboxylic acids is 1. The molecule has 0 aliphatic carbocycles. The Labute approximate surface area is 165 Å². The van der Waals surface area contributed by atoms with Crippen molar-refractivity contribution in [1.82, 2.24) is 14.8 Å². The minimum absolute atomic E-state index is 0.278. The molecule has 0 saturated carbocycles. The summed E-state index contributed by atoms with van der Waals surface area (Å²) in [7, 11) is 1.62. The van der Waals surface area contributed by atoms with Gasteiger partial charge >= 0.3 is 6.09 Å². The van der Waals surface area contributed by atoms with Gasteiger partial charge in [-0.05, 0) is 50.6 Å². The highest BCUT2D eigenvalue weighted by Crippen LogP contribution is 2.27. The number of aromatic nitrogens is 1. The number of benzene rings is 1. The molecular weight excluding hydrogens is 358 g/mol. The number of methoxy groups -OCH3 is 1. The molecule has 2 heterocycles. The predicted octanol–water partition coefficient (Wildman–Crippen LogP) is 2.83. The fraction of sp³-hybridized carbons (Fsp3) is 0.524. The molecule has 7 nitrogen and oxygen atoms in total. The van der Waals surface area contributed by atoms with E-state index in [1.165, 1.54) is 0 Å². The molecule has 1 aliphatic heterocycles. The second-order valence-electron chi connectivity index (χ2n) is 8.07. The summed E-state index contributed by atoms with van der Waals surface area (Å²) in [5, 5.41) is 11.7. The zero-order chi connectivity index (χ0) is 20.3. The number of rotatable bonds is 4. The molecule has 2 aromatic rings. The lowest BCUT2D eigenvalue weighted by Crippen LogP contribution is -2.50. The van der Waals surface area contributed by atoms with Crippen LogP contribution < -0.4 is 4.74 Å². The molecule has 1 saturated heterocycles. The van der Waals surface area contributed by atoms with Crippen LogP contribution in [0.1, 0.15) is 32.4 Å². The molecule has 1 unspecified atom stereocenters. The van der Waals surface area contributed by atoms with E-state index in [0.29, 0.717) is 32.7 Å². The number of aliphatic hydroxyl groups excluding tert-OH is 1. The molecule has 0 bridgehead atoms. The van der Waals surface area contributed by atoms with Gasteiger partial charge in [-0.15, -0.1) is 0 Å². The zero-order valence-corrected chi connectivity index (χ0v) is 17.0. The number of pyridine rings is 1. The number of piperazine rings is 1. The van der Waals surface area contributed by atoms with E-state index in [0.717, 1.165) is 22.2 Å². The molecule has 1 aromatic heterocycles. The first-order valence-corrected chi connectivity index (χ1v) is 9.58. The Morgan fingerprint density at radius 2 is 1.93 bits per heavy atom. The summed E-state index contributed by atoms with van der Waals surface area (Å²) in [6.45, 7) is 8.67. The molecule has 1 atom stereocenters. The molecule has 3 rings (SSSR count). The van der Waals surface area contributed by atoms with E-state index in [-0.39, 0.29) is 6.09 Å². The topological polar surface area (TPSA) is 75.1 Å². The molecule has 1 aromatic carbocycles. The number of aliphatic hydroxyl groups is 1. The van der Waals surface area contributed by atoms with Crippen LogP contribution in [-0.2, 0) is 4.74 Å². The van der Waals surface area contributed by atoms with Gasteiger partial charge in [0.2, 0.25) is 0 Å². The lowest BCUT2D eigenvalue weighted by Gasteiger charge is -2.36. The summed E-state index contributed by atoms with van der Waals surface area (Å²) in [5.74, 6) is 0.736. The second-order valence-corrected chi connectivity index (χ2v) is 8.07. The van der Waals surface area contributed by atoms with Crippen molar-refractivity contribution < 1.29 is 19.4 Å². The zero-order valence-electron chi connectivity index (χ0n) is 17.0. The van der Waals surface area contributed by atoms with Gasteiger partial charge in [-0.2, -0.15) is 0 Å². The van der Waals surface area contributed by atoms with Crippen molar-refractivity contribution in [2.45, 2.75) is 32.5 Å². The van der Waals surface area contributed by atoms with Crippen molar-refractivity contribution in [2.75, 3.05) is 39.8 Å². The lowest BCUT2D eigenvalue weighted by atomic mass is 10.0. The number of ether oxygens (including phenoxy) is 2. The van der Waals surface area contributed by atoms with Crippen LogP contribution in [0.2, 0.25) is 0 Å². The molecular formula is C21H29N3O4. The molecule has 0 radical (unpaired) electrons. The van der Waals surface area contributed by atoms with Crippen molar-refractivity contribution in [3.63, 3.8) is 0 Å². The predicted molar refractivity (Wildman–Crippen MR) is 108 cm³/mol. The van der Waals surface area contributed by atoms with Crippen LogP contribution in [0.25, 0.3) is 10.9 Å². The maximum atomic E-state index is 12.2. The van der Waals surface area contributed by atoms with Crippen molar-refractivity contribution in [3.05, 3.63) is 36.0 Å². The summed E-state index contributed by atoms with van der Waals surface area (Å²) in [5.41, 5.74) is 1.17. The highest BCUT2D eigenvalue weighted by molar-refractivity contribution is 5.83. The van der Waals surface area contributed by atoms with Crippen LogP contribution in [0.3, 0.4) is 0 Å². The molecule has 1 fully saturated rings. The van der Waals surface area contributed by atoms with E-state index >= 15 is 0 Å². The van der Waals surface area contributed by atoms with Gasteiger partial charge < -0.3 is 19.5 Å². The largest absolute Gasteiger partial charge is 0.497 e. The van der Waals surface area contributed by atoms with Crippen molar-refractivity contribution >= 4 is 17.0 Å². The number of hydrogen-bond acceptors (Lipinski definition) is 6. The fourth-order valence-corrected chi connectivity index (χ4v) is 3.35. The Morgan fingerprint density at radius 3 is 2.57 bits per heavy atom. The molecule has 1 N–H and O–H groups in total. The number of carbonyl (C=O) groups is 1. The maximum Gasteiger partial charge on any atom is 0.410 e. The lowest BCUT2D eigenvalue weighted by molar-refractivity contribution is 0.0102. The minimum Gasteiger partial charge on any atom is -0.497 e. The smallest absolute Gasteiger partial charge is 0.410 e. The Bertz CT molecular complexity index is 826. The first-order chi connectivity index (χ1) is 13.3. The van der Waals surface area contributed by atoms with E-state index in [9.17, 15) is 9.90 Å². The highest BCUT2D eigenvalue weighted by Gasteiger charge is 2.27. The summed E-state index contributed by atoms with van der Waals surface area (Å²) in [6.07, 6.45) is 0.791. The van der Waals surface area contributed by atoms with Crippen LogP contribution in [0.15, 0.2) is 30.5 Å². The number of nitrogens with zero attached hydrogens (tertiary/aromatic N) is 3. The van der Waals surface area contributed by atoms with Crippen molar-refractivity contribution in [3.8, 4) is 5.75 Å². The van der Waals surface area contributed by atoms with E-state index in [2.05, 4.69) is 9.88 Å². The van der Waals surface area contributed by atoms with Gasteiger partial charge in [-0.1, -0.05) is 0 Å². The van der Waals surface area contributed by atoms with Gasteiger partial charge in [-0.3, -0.25) is 9.88 Å². The van der Waals surface area contributed by atoms with Gasteiger partial charge in [0.1, 0.15) is 11.4 Å². The fourth-order valence-electron chi connectivity index (χ4n) is 3.35. The molecule has 1 aliphatic rings. The normalized spacial score (nSPS) is 16.8.